The first-order chi connectivity index (χ1) is 16.8. The maximum absolute atomic E-state index is 15.1. The first-order valence-corrected chi connectivity index (χ1v) is 12.8. The molecule has 0 saturated carbocycles. The molecule has 1 fully saturated rings. The molecule has 4 aromatic rings. The molecule has 182 valence electrons. The topological polar surface area (TPSA) is 71.3 Å². The monoisotopic (exact) mass is 497 g/mol. The summed E-state index contributed by atoms with van der Waals surface area (Å²) in [7, 11) is -4.28. The summed E-state index contributed by atoms with van der Waals surface area (Å²) in [5.41, 5.74) is 1.40. The third-order valence-corrected chi connectivity index (χ3v) is 8.10. The Morgan fingerprint density at radius 3 is 2.31 bits per heavy atom. The van der Waals surface area contributed by atoms with E-state index in [4.69, 9.17) is 0 Å². The minimum absolute atomic E-state index is 0.191. The lowest BCUT2D eigenvalue weighted by atomic mass is 10.1. The van der Waals surface area contributed by atoms with Gasteiger partial charge in [0.25, 0.3) is 10.0 Å². The maximum atomic E-state index is 15.1. The van der Waals surface area contributed by atoms with Crippen LogP contribution in [0.2, 0.25) is 0 Å². The Hall–Kier alpha value is -3.37. The van der Waals surface area contributed by atoms with Gasteiger partial charge in [-0.15, -0.1) is 0 Å². The zero-order valence-corrected chi connectivity index (χ0v) is 20.2. The summed E-state index contributed by atoms with van der Waals surface area (Å²) in [5, 5.41) is 0.614. The lowest BCUT2D eigenvalue weighted by Gasteiger charge is -2.38. The molecule has 0 N–H and O–H groups in total. The highest BCUT2D eigenvalue weighted by atomic mass is 32.2. The number of nitrogens with zero attached hydrogens (tertiary/aromatic N) is 5. The summed E-state index contributed by atoms with van der Waals surface area (Å²) in [6, 6.07) is 9.17. The Morgan fingerprint density at radius 2 is 1.69 bits per heavy atom. The van der Waals surface area contributed by atoms with Crippen LogP contribution < -0.4 is 4.90 Å². The SMILES string of the molecule is CC(C)N1CCN(c2c(F)cc(S(=O)(=O)n3ccc4c(-c5ccccn5)cncc43)cc2F)CC1. The predicted molar refractivity (Wildman–Crippen MR) is 131 cm³/mol. The van der Waals surface area contributed by atoms with Crippen LogP contribution in [0.1, 0.15) is 13.8 Å². The molecule has 1 saturated heterocycles. The van der Waals surface area contributed by atoms with Crippen LogP contribution in [0, 0.1) is 11.6 Å². The van der Waals surface area contributed by atoms with Gasteiger partial charge in [-0.3, -0.25) is 14.9 Å². The van der Waals surface area contributed by atoms with Crippen molar-refractivity contribution < 1.29 is 17.2 Å². The minimum Gasteiger partial charge on any atom is -0.364 e. The fraction of sp³-hybridized carbons (Fsp3) is 0.280. The van der Waals surface area contributed by atoms with E-state index in [0.29, 0.717) is 54.4 Å². The van der Waals surface area contributed by atoms with Gasteiger partial charge in [-0.05, 0) is 44.2 Å². The summed E-state index contributed by atoms with van der Waals surface area (Å²) < 4.78 is 58.1. The van der Waals surface area contributed by atoms with Gasteiger partial charge in [-0.2, -0.15) is 0 Å². The van der Waals surface area contributed by atoms with E-state index in [1.165, 1.54) is 12.4 Å². The number of rotatable bonds is 5. The van der Waals surface area contributed by atoms with Gasteiger partial charge in [-0.25, -0.2) is 21.2 Å². The summed E-state index contributed by atoms with van der Waals surface area (Å²) >= 11 is 0. The molecule has 0 atom stereocenters. The largest absolute Gasteiger partial charge is 0.364 e. The quantitative estimate of drug-likeness (QED) is 0.413. The highest BCUT2D eigenvalue weighted by molar-refractivity contribution is 7.90. The Labute approximate surface area is 202 Å². The fourth-order valence-corrected chi connectivity index (χ4v) is 5.89. The van der Waals surface area contributed by atoms with Crippen molar-refractivity contribution in [1.82, 2.24) is 18.8 Å². The van der Waals surface area contributed by atoms with E-state index in [9.17, 15) is 8.42 Å². The smallest absolute Gasteiger partial charge is 0.268 e. The second kappa shape index (κ2) is 9.01. The van der Waals surface area contributed by atoms with Gasteiger partial charge < -0.3 is 4.90 Å². The molecule has 3 aromatic heterocycles. The number of piperazine rings is 1. The second-order valence-corrected chi connectivity index (χ2v) is 10.6. The van der Waals surface area contributed by atoms with Crippen LogP contribution in [-0.2, 0) is 10.0 Å². The van der Waals surface area contributed by atoms with Crippen molar-refractivity contribution >= 4 is 26.6 Å². The number of anilines is 1. The van der Waals surface area contributed by atoms with Gasteiger partial charge in [0.05, 0.1) is 22.3 Å². The van der Waals surface area contributed by atoms with E-state index in [2.05, 4.69) is 28.7 Å². The van der Waals surface area contributed by atoms with Gasteiger partial charge in [0.2, 0.25) is 0 Å². The van der Waals surface area contributed by atoms with E-state index in [-0.39, 0.29) is 5.69 Å². The van der Waals surface area contributed by atoms with Gasteiger partial charge in [0, 0.05) is 61.8 Å². The van der Waals surface area contributed by atoms with Crippen molar-refractivity contribution in [2.75, 3.05) is 31.1 Å². The normalized spacial score (nSPS) is 15.3. The summed E-state index contributed by atoms with van der Waals surface area (Å²) in [6.45, 7) is 6.44. The Balaban J connectivity index is 1.51. The van der Waals surface area contributed by atoms with Crippen LogP contribution >= 0.6 is 0 Å². The molecule has 4 heterocycles. The second-order valence-electron chi connectivity index (χ2n) is 8.80. The van der Waals surface area contributed by atoms with Crippen molar-refractivity contribution in [3.63, 3.8) is 0 Å². The molecule has 10 heteroatoms. The molecule has 0 amide bonds. The molecule has 0 bridgehead atoms. The molecule has 35 heavy (non-hydrogen) atoms. The first kappa shape index (κ1) is 23.4. The first-order valence-electron chi connectivity index (χ1n) is 11.4. The van der Waals surface area contributed by atoms with Crippen LogP contribution in [-0.4, -0.2) is 59.5 Å². The Morgan fingerprint density at radius 1 is 0.971 bits per heavy atom. The van der Waals surface area contributed by atoms with E-state index < -0.39 is 26.6 Å². The number of fused-ring (bicyclic) bond motifs is 1. The van der Waals surface area contributed by atoms with Gasteiger partial charge in [0.1, 0.15) is 5.69 Å². The van der Waals surface area contributed by atoms with Crippen LogP contribution in [0.5, 0.6) is 0 Å². The van der Waals surface area contributed by atoms with Crippen molar-refractivity contribution in [3.8, 4) is 11.3 Å². The Bertz CT molecular complexity index is 1460. The predicted octanol–water partition coefficient (Wildman–Crippen LogP) is 4.14. The molecule has 0 spiro atoms. The lowest BCUT2D eigenvalue weighted by Crippen LogP contribution is -2.49. The fourth-order valence-electron chi connectivity index (χ4n) is 4.54. The maximum Gasteiger partial charge on any atom is 0.268 e. The number of pyridine rings is 2. The van der Waals surface area contributed by atoms with Gasteiger partial charge in [-0.1, -0.05) is 6.07 Å². The van der Waals surface area contributed by atoms with E-state index in [1.54, 1.807) is 35.5 Å². The highest BCUT2D eigenvalue weighted by Gasteiger charge is 2.28. The van der Waals surface area contributed by atoms with Crippen LogP contribution in [0.4, 0.5) is 14.5 Å². The zero-order valence-electron chi connectivity index (χ0n) is 19.4. The molecule has 7 nitrogen and oxygen atoms in total. The van der Waals surface area contributed by atoms with Gasteiger partial charge in [0.15, 0.2) is 11.6 Å². The third-order valence-electron chi connectivity index (χ3n) is 6.43. The number of hydrogen-bond acceptors (Lipinski definition) is 6. The van der Waals surface area contributed by atoms with Crippen molar-refractivity contribution in [2.45, 2.75) is 24.8 Å². The highest BCUT2D eigenvalue weighted by Crippen LogP contribution is 2.32. The van der Waals surface area contributed by atoms with E-state index in [1.807, 2.05) is 6.07 Å². The van der Waals surface area contributed by atoms with Crippen molar-refractivity contribution in [2.24, 2.45) is 0 Å². The van der Waals surface area contributed by atoms with Gasteiger partial charge >= 0.3 is 0 Å². The molecular weight excluding hydrogens is 472 g/mol. The summed E-state index contributed by atoms with van der Waals surface area (Å²) in [6.07, 6.45) is 6.02. The van der Waals surface area contributed by atoms with Crippen LogP contribution in [0.3, 0.4) is 0 Å². The van der Waals surface area contributed by atoms with Crippen molar-refractivity contribution in [3.05, 3.63) is 72.8 Å². The summed E-state index contributed by atoms with van der Waals surface area (Å²) in [4.78, 5) is 11.9. The number of hydrogen-bond donors (Lipinski definition) is 0. The average Bonchev–Trinajstić information content (AvgIpc) is 3.30. The number of aromatic nitrogens is 3. The third kappa shape index (κ3) is 4.17. The standard InChI is InChI=1S/C25H25F2N5O2S/c1-17(2)30-9-11-31(12-10-30)25-21(26)13-18(14-22(25)27)35(33,34)32-8-6-19-20(15-28-16-24(19)32)23-5-3-4-7-29-23/h3-8,13-17H,9-12H2,1-2H3. The molecule has 5 rings (SSSR count). The number of benzene rings is 1. The minimum atomic E-state index is -4.28. The van der Waals surface area contributed by atoms with Crippen LogP contribution in [0.15, 0.2) is 66.1 Å². The number of halogens is 2. The van der Waals surface area contributed by atoms with E-state index in [0.717, 1.165) is 16.1 Å². The molecule has 0 unspecified atom stereocenters. The Kier molecular flexibility index (Phi) is 6.02. The molecular formula is C25H25F2N5O2S. The molecule has 1 aliphatic rings. The molecule has 1 aliphatic heterocycles. The van der Waals surface area contributed by atoms with Crippen LogP contribution in [0.25, 0.3) is 22.2 Å². The lowest BCUT2D eigenvalue weighted by molar-refractivity contribution is 0.208. The summed E-state index contributed by atoms with van der Waals surface area (Å²) in [5.74, 6) is -1.80. The molecule has 1 aromatic carbocycles. The van der Waals surface area contributed by atoms with Crippen molar-refractivity contribution in [1.29, 1.82) is 0 Å². The zero-order chi connectivity index (χ0) is 24.7. The molecule has 0 radical (unpaired) electrons. The average molecular weight is 498 g/mol. The van der Waals surface area contributed by atoms with E-state index >= 15 is 8.78 Å². The molecule has 0 aliphatic carbocycles.